The highest BCUT2D eigenvalue weighted by atomic mass is 79.9. The van der Waals surface area contributed by atoms with Crippen LogP contribution in [0.4, 0.5) is 0 Å². The average Bonchev–Trinajstić information content (AvgIpc) is 3.06. The van der Waals surface area contributed by atoms with Crippen molar-refractivity contribution >= 4 is 38.0 Å². The van der Waals surface area contributed by atoms with Gasteiger partial charge in [0.15, 0.2) is 0 Å². The van der Waals surface area contributed by atoms with Crippen molar-refractivity contribution in [3.63, 3.8) is 0 Å². The van der Waals surface area contributed by atoms with Gasteiger partial charge in [-0.1, -0.05) is 58.4 Å². The molecule has 1 aliphatic heterocycles. The molecule has 0 fully saturated rings. The van der Waals surface area contributed by atoms with Crippen LogP contribution in [-0.4, -0.2) is 4.98 Å². The molecule has 24 heavy (non-hydrogen) atoms. The second-order valence-corrected chi connectivity index (χ2v) is 7.75. The highest BCUT2D eigenvalue weighted by molar-refractivity contribution is 9.10. The zero-order valence-corrected chi connectivity index (χ0v) is 15.0. The van der Waals surface area contributed by atoms with Gasteiger partial charge in [-0.25, -0.2) is 4.98 Å². The van der Waals surface area contributed by atoms with Crippen LogP contribution in [0.15, 0.2) is 65.1 Å². The van der Waals surface area contributed by atoms with Gasteiger partial charge in [0.2, 0.25) is 0 Å². The summed E-state index contributed by atoms with van der Waals surface area (Å²) in [5.74, 6) is 0.919. The number of thiazole rings is 1. The maximum Gasteiger partial charge on any atom is 0.129 e. The molecule has 0 bridgehead atoms. The molecule has 0 amide bonds. The van der Waals surface area contributed by atoms with Crippen LogP contribution in [-0.2, 0) is 6.61 Å². The van der Waals surface area contributed by atoms with Gasteiger partial charge in [-0.15, -0.1) is 11.3 Å². The van der Waals surface area contributed by atoms with E-state index in [1.807, 2.05) is 18.2 Å². The fourth-order valence-electron chi connectivity index (χ4n) is 3.14. The van der Waals surface area contributed by atoms with E-state index in [-0.39, 0.29) is 0 Å². The predicted octanol–water partition coefficient (Wildman–Crippen LogP) is 6.29. The van der Waals surface area contributed by atoms with E-state index >= 15 is 0 Å². The van der Waals surface area contributed by atoms with E-state index in [1.54, 1.807) is 11.3 Å². The molecule has 5 rings (SSSR count). The Hall–Kier alpha value is -2.17. The second kappa shape index (κ2) is 5.43. The summed E-state index contributed by atoms with van der Waals surface area (Å²) in [5, 5.41) is 3.42. The Labute approximate surface area is 151 Å². The lowest BCUT2D eigenvalue weighted by Gasteiger charge is -2.18. The molecule has 0 spiro atoms. The van der Waals surface area contributed by atoms with E-state index in [1.165, 1.54) is 15.6 Å². The molecule has 0 saturated heterocycles. The molecule has 2 heterocycles. The van der Waals surface area contributed by atoms with Crippen molar-refractivity contribution in [3.8, 4) is 27.6 Å². The van der Waals surface area contributed by atoms with Gasteiger partial charge in [0.25, 0.3) is 0 Å². The first-order valence-corrected chi connectivity index (χ1v) is 9.31. The summed E-state index contributed by atoms with van der Waals surface area (Å²) < 4.78 is 7.08. The minimum absolute atomic E-state index is 0.592. The van der Waals surface area contributed by atoms with Crippen LogP contribution in [0.25, 0.3) is 32.6 Å². The van der Waals surface area contributed by atoms with Crippen molar-refractivity contribution in [2.45, 2.75) is 6.61 Å². The number of aromatic nitrogens is 1. The molecule has 4 aromatic rings. The largest absolute Gasteiger partial charge is 0.487 e. The monoisotopic (exact) mass is 393 g/mol. The van der Waals surface area contributed by atoms with Crippen LogP contribution < -0.4 is 4.74 Å². The van der Waals surface area contributed by atoms with Gasteiger partial charge in [-0.05, 0) is 29.0 Å². The summed E-state index contributed by atoms with van der Waals surface area (Å²) in [5.41, 5.74) is 3.33. The van der Waals surface area contributed by atoms with Crippen LogP contribution >= 0.6 is 27.3 Å². The standard InChI is InChI=1S/C20H12BrNOS/c21-14-7-8-15-13(10-14)6-9-16-18(15)19-17(11-23-16)24-20(22-19)12-4-2-1-3-5-12/h1-10H,11H2. The highest BCUT2D eigenvalue weighted by Crippen LogP contribution is 2.45. The lowest BCUT2D eigenvalue weighted by molar-refractivity contribution is 0.306. The molecule has 0 saturated carbocycles. The lowest BCUT2D eigenvalue weighted by atomic mass is 9.99. The summed E-state index contributed by atoms with van der Waals surface area (Å²) in [7, 11) is 0. The fourth-order valence-corrected chi connectivity index (χ4v) is 4.50. The molecule has 0 atom stereocenters. The maximum atomic E-state index is 6.00. The fraction of sp³-hybridized carbons (Fsp3) is 0.0500. The number of fused-ring (bicyclic) bond motifs is 5. The van der Waals surface area contributed by atoms with Crippen LogP contribution in [0.2, 0.25) is 0 Å². The number of halogens is 1. The van der Waals surface area contributed by atoms with E-state index in [9.17, 15) is 0 Å². The molecule has 2 nitrogen and oxygen atoms in total. The average molecular weight is 394 g/mol. The number of nitrogens with zero attached hydrogens (tertiary/aromatic N) is 1. The number of rotatable bonds is 1. The Balaban J connectivity index is 1.77. The van der Waals surface area contributed by atoms with Crippen LogP contribution in [0.5, 0.6) is 5.75 Å². The van der Waals surface area contributed by atoms with E-state index in [0.29, 0.717) is 6.61 Å². The first-order chi connectivity index (χ1) is 11.8. The zero-order valence-electron chi connectivity index (χ0n) is 12.6. The molecule has 3 aromatic carbocycles. The Kier molecular flexibility index (Phi) is 3.21. The minimum atomic E-state index is 0.592. The predicted molar refractivity (Wildman–Crippen MR) is 103 cm³/mol. The van der Waals surface area contributed by atoms with Gasteiger partial charge >= 0.3 is 0 Å². The third-order valence-corrected chi connectivity index (χ3v) is 5.83. The molecule has 1 aliphatic rings. The molecule has 4 heteroatoms. The number of ether oxygens (including phenoxy) is 1. The van der Waals surface area contributed by atoms with Crippen molar-refractivity contribution in [1.29, 1.82) is 0 Å². The van der Waals surface area contributed by atoms with Crippen molar-refractivity contribution in [1.82, 2.24) is 4.98 Å². The maximum absolute atomic E-state index is 6.00. The van der Waals surface area contributed by atoms with E-state index in [4.69, 9.17) is 9.72 Å². The first-order valence-electron chi connectivity index (χ1n) is 7.70. The Morgan fingerprint density at radius 2 is 1.88 bits per heavy atom. The summed E-state index contributed by atoms with van der Waals surface area (Å²) in [6.45, 7) is 0.592. The number of hydrogen-bond donors (Lipinski definition) is 0. The highest BCUT2D eigenvalue weighted by Gasteiger charge is 2.24. The van der Waals surface area contributed by atoms with Crippen LogP contribution in [0.1, 0.15) is 4.88 Å². The SMILES string of the molecule is Brc1ccc2c3c(ccc2c1)OCc1sc(-c2ccccc2)nc1-3. The second-order valence-electron chi connectivity index (χ2n) is 5.75. The first kappa shape index (κ1) is 14.2. The normalized spacial score (nSPS) is 12.5. The summed E-state index contributed by atoms with van der Waals surface area (Å²) in [4.78, 5) is 6.15. The Bertz CT molecular complexity index is 1070. The lowest BCUT2D eigenvalue weighted by Crippen LogP contribution is -2.03. The quantitative estimate of drug-likeness (QED) is 0.379. The molecule has 1 aromatic heterocycles. The van der Waals surface area contributed by atoms with Gasteiger partial charge in [-0.3, -0.25) is 0 Å². The van der Waals surface area contributed by atoms with Gasteiger partial charge < -0.3 is 4.74 Å². The van der Waals surface area contributed by atoms with Gasteiger partial charge in [0.05, 0.1) is 16.1 Å². The van der Waals surface area contributed by atoms with Crippen molar-refractivity contribution in [2.75, 3.05) is 0 Å². The number of hydrogen-bond acceptors (Lipinski definition) is 3. The Morgan fingerprint density at radius 1 is 1.00 bits per heavy atom. The minimum Gasteiger partial charge on any atom is -0.487 e. The van der Waals surface area contributed by atoms with E-state index < -0.39 is 0 Å². The van der Waals surface area contributed by atoms with Crippen molar-refractivity contribution in [3.05, 3.63) is 70.0 Å². The third kappa shape index (κ3) is 2.18. The molecule has 116 valence electrons. The smallest absolute Gasteiger partial charge is 0.129 e. The van der Waals surface area contributed by atoms with Crippen molar-refractivity contribution in [2.24, 2.45) is 0 Å². The summed E-state index contributed by atoms with van der Waals surface area (Å²) in [6.07, 6.45) is 0. The topological polar surface area (TPSA) is 22.1 Å². The molecule has 0 radical (unpaired) electrons. The molecular weight excluding hydrogens is 382 g/mol. The van der Waals surface area contributed by atoms with Crippen LogP contribution in [0.3, 0.4) is 0 Å². The third-order valence-electron chi connectivity index (χ3n) is 4.26. The molecule has 0 aliphatic carbocycles. The summed E-state index contributed by atoms with van der Waals surface area (Å²) in [6, 6.07) is 20.8. The molecular formula is C20H12BrNOS. The van der Waals surface area contributed by atoms with Crippen LogP contribution in [0, 0.1) is 0 Å². The van der Waals surface area contributed by atoms with Gasteiger partial charge in [0.1, 0.15) is 17.4 Å². The summed E-state index contributed by atoms with van der Waals surface area (Å²) >= 11 is 5.27. The Morgan fingerprint density at radius 3 is 2.75 bits per heavy atom. The van der Waals surface area contributed by atoms with Gasteiger partial charge in [-0.2, -0.15) is 0 Å². The number of benzene rings is 3. The van der Waals surface area contributed by atoms with E-state index in [2.05, 4.69) is 58.4 Å². The zero-order chi connectivity index (χ0) is 16.1. The van der Waals surface area contributed by atoms with Gasteiger partial charge in [0, 0.05) is 10.0 Å². The molecule has 0 N–H and O–H groups in total. The van der Waals surface area contributed by atoms with E-state index in [0.717, 1.165) is 32.1 Å². The van der Waals surface area contributed by atoms with Crippen molar-refractivity contribution < 1.29 is 4.74 Å². The molecule has 0 unspecified atom stereocenters.